The molecule has 1 aliphatic rings. The van der Waals surface area contributed by atoms with E-state index in [2.05, 4.69) is 16.0 Å². The molecule has 2 amide bonds. The minimum atomic E-state index is -0.291. The molecule has 1 atom stereocenters. The van der Waals surface area contributed by atoms with Crippen molar-refractivity contribution in [1.82, 2.24) is 15.5 Å². The summed E-state index contributed by atoms with van der Waals surface area (Å²) in [6, 6.07) is 9.04. The summed E-state index contributed by atoms with van der Waals surface area (Å²) in [6.45, 7) is 4.75. The second-order valence-corrected chi connectivity index (χ2v) is 5.00. The lowest BCUT2D eigenvalue weighted by Crippen LogP contribution is -2.59. The van der Waals surface area contributed by atoms with Crippen molar-refractivity contribution in [1.29, 1.82) is 0 Å². The van der Waals surface area contributed by atoms with Crippen molar-refractivity contribution in [2.75, 3.05) is 38.0 Å². The van der Waals surface area contributed by atoms with E-state index in [-0.39, 0.29) is 24.4 Å². The Morgan fingerprint density at radius 2 is 2.10 bits per heavy atom. The summed E-state index contributed by atoms with van der Waals surface area (Å²) in [5, 5.41) is 8.86. The van der Waals surface area contributed by atoms with Crippen LogP contribution in [-0.4, -0.2) is 55.5 Å². The second kappa shape index (κ2) is 7.75. The summed E-state index contributed by atoms with van der Waals surface area (Å²) in [6.07, 6.45) is 0. The molecule has 1 unspecified atom stereocenters. The normalized spacial score (nSPS) is 19.0. The number of benzene rings is 1. The standard InChI is InChI=1S/C15H22N4O2/c1-2-17-15(21)13-10-16-8-9-19(13)11-14(20)18-12-6-4-3-5-7-12/h3-7,13,16H,2,8-11H2,1H3,(H,17,21)(H,18,20). The van der Waals surface area contributed by atoms with Gasteiger partial charge in [-0.3, -0.25) is 14.5 Å². The van der Waals surface area contributed by atoms with E-state index in [0.717, 1.165) is 12.2 Å². The topological polar surface area (TPSA) is 73.5 Å². The minimum absolute atomic E-state index is 0.0304. The van der Waals surface area contributed by atoms with E-state index in [0.29, 0.717) is 19.6 Å². The Labute approximate surface area is 124 Å². The highest BCUT2D eigenvalue weighted by molar-refractivity contribution is 5.93. The lowest BCUT2D eigenvalue weighted by atomic mass is 10.1. The summed E-state index contributed by atoms with van der Waals surface area (Å²) in [4.78, 5) is 26.0. The smallest absolute Gasteiger partial charge is 0.238 e. The first kappa shape index (κ1) is 15.5. The maximum atomic E-state index is 12.1. The molecule has 6 heteroatoms. The lowest BCUT2D eigenvalue weighted by Gasteiger charge is -2.34. The number of hydrogen-bond acceptors (Lipinski definition) is 4. The summed E-state index contributed by atoms with van der Waals surface area (Å²) in [5.74, 6) is -0.130. The average molecular weight is 290 g/mol. The van der Waals surface area contributed by atoms with E-state index in [4.69, 9.17) is 0 Å². The third-order valence-electron chi connectivity index (χ3n) is 3.41. The highest BCUT2D eigenvalue weighted by atomic mass is 16.2. The Kier molecular flexibility index (Phi) is 5.71. The first-order valence-electron chi connectivity index (χ1n) is 7.28. The molecule has 0 aromatic heterocycles. The number of nitrogens with one attached hydrogen (secondary N) is 3. The molecule has 0 bridgehead atoms. The van der Waals surface area contributed by atoms with Crippen LogP contribution in [0.4, 0.5) is 5.69 Å². The van der Waals surface area contributed by atoms with Crippen LogP contribution in [0.2, 0.25) is 0 Å². The maximum absolute atomic E-state index is 12.1. The second-order valence-electron chi connectivity index (χ2n) is 5.00. The summed E-state index contributed by atoms with van der Waals surface area (Å²) >= 11 is 0. The van der Waals surface area contributed by atoms with Crippen molar-refractivity contribution < 1.29 is 9.59 Å². The van der Waals surface area contributed by atoms with Crippen molar-refractivity contribution in [2.24, 2.45) is 0 Å². The van der Waals surface area contributed by atoms with Gasteiger partial charge in [-0.2, -0.15) is 0 Å². The van der Waals surface area contributed by atoms with Gasteiger partial charge in [-0.15, -0.1) is 0 Å². The van der Waals surface area contributed by atoms with Gasteiger partial charge in [-0.1, -0.05) is 18.2 Å². The molecule has 2 rings (SSSR count). The Bertz CT molecular complexity index is 478. The lowest BCUT2D eigenvalue weighted by molar-refractivity contribution is -0.128. The molecule has 0 aliphatic carbocycles. The number of hydrogen-bond donors (Lipinski definition) is 3. The van der Waals surface area contributed by atoms with Crippen LogP contribution < -0.4 is 16.0 Å². The van der Waals surface area contributed by atoms with E-state index < -0.39 is 0 Å². The Hall–Kier alpha value is -1.92. The van der Waals surface area contributed by atoms with Gasteiger partial charge >= 0.3 is 0 Å². The molecule has 0 saturated carbocycles. The van der Waals surface area contributed by atoms with Crippen LogP contribution >= 0.6 is 0 Å². The molecule has 21 heavy (non-hydrogen) atoms. The van der Waals surface area contributed by atoms with Gasteiger partial charge in [-0.25, -0.2) is 0 Å². The van der Waals surface area contributed by atoms with E-state index >= 15 is 0 Å². The number of carbonyl (C=O) groups is 2. The van der Waals surface area contributed by atoms with Gasteiger partial charge in [0.1, 0.15) is 6.04 Å². The van der Waals surface area contributed by atoms with Crippen LogP contribution in [-0.2, 0) is 9.59 Å². The van der Waals surface area contributed by atoms with Gasteiger partial charge in [0.15, 0.2) is 0 Å². The molecule has 3 N–H and O–H groups in total. The van der Waals surface area contributed by atoms with Crippen LogP contribution in [0.3, 0.4) is 0 Å². The van der Waals surface area contributed by atoms with Crippen molar-refractivity contribution in [2.45, 2.75) is 13.0 Å². The molecule has 0 spiro atoms. The predicted molar refractivity (Wildman–Crippen MR) is 82.0 cm³/mol. The summed E-state index contributed by atoms with van der Waals surface area (Å²) < 4.78 is 0. The summed E-state index contributed by atoms with van der Waals surface area (Å²) in [7, 11) is 0. The van der Waals surface area contributed by atoms with E-state index in [1.165, 1.54) is 0 Å². The number of nitrogens with zero attached hydrogens (tertiary/aromatic N) is 1. The Morgan fingerprint density at radius 1 is 1.33 bits per heavy atom. The van der Waals surface area contributed by atoms with Gasteiger partial charge < -0.3 is 16.0 Å². The van der Waals surface area contributed by atoms with Crippen LogP contribution in [0.5, 0.6) is 0 Å². The van der Waals surface area contributed by atoms with Crippen LogP contribution in [0, 0.1) is 0 Å². The zero-order valence-electron chi connectivity index (χ0n) is 12.3. The van der Waals surface area contributed by atoms with Crippen molar-refractivity contribution in [3.05, 3.63) is 30.3 Å². The number of carbonyl (C=O) groups excluding carboxylic acids is 2. The van der Waals surface area contributed by atoms with Crippen molar-refractivity contribution >= 4 is 17.5 Å². The van der Waals surface area contributed by atoms with E-state index in [1.54, 1.807) is 0 Å². The monoisotopic (exact) mass is 290 g/mol. The fourth-order valence-electron chi connectivity index (χ4n) is 2.39. The highest BCUT2D eigenvalue weighted by Crippen LogP contribution is 2.07. The SMILES string of the molecule is CCNC(=O)C1CNCCN1CC(=O)Nc1ccccc1. The first-order valence-corrected chi connectivity index (χ1v) is 7.28. The van der Waals surface area contributed by atoms with Crippen molar-refractivity contribution in [3.8, 4) is 0 Å². The number of para-hydroxylation sites is 1. The molecule has 1 aromatic carbocycles. The zero-order valence-corrected chi connectivity index (χ0v) is 12.3. The number of rotatable bonds is 5. The van der Waals surface area contributed by atoms with Crippen LogP contribution in [0.25, 0.3) is 0 Å². The molecule has 0 radical (unpaired) electrons. The molecule has 6 nitrogen and oxygen atoms in total. The molecule has 1 aliphatic heterocycles. The van der Waals surface area contributed by atoms with Crippen molar-refractivity contribution in [3.63, 3.8) is 0 Å². The summed E-state index contributed by atoms with van der Waals surface area (Å²) in [5.41, 5.74) is 0.771. The van der Waals surface area contributed by atoms with Gasteiger partial charge in [0.25, 0.3) is 0 Å². The van der Waals surface area contributed by atoms with Crippen LogP contribution in [0.15, 0.2) is 30.3 Å². The van der Waals surface area contributed by atoms with E-state index in [1.807, 2.05) is 42.2 Å². The Balaban J connectivity index is 1.92. The molecule has 1 heterocycles. The average Bonchev–Trinajstić information content (AvgIpc) is 2.49. The third-order valence-corrected chi connectivity index (χ3v) is 3.41. The fourth-order valence-corrected chi connectivity index (χ4v) is 2.39. The number of piperazine rings is 1. The highest BCUT2D eigenvalue weighted by Gasteiger charge is 2.29. The third kappa shape index (κ3) is 4.54. The quantitative estimate of drug-likeness (QED) is 0.715. The van der Waals surface area contributed by atoms with Crippen LogP contribution in [0.1, 0.15) is 6.92 Å². The van der Waals surface area contributed by atoms with E-state index in [9.17, 15) is 9.59 Å². The number of amides is 2. The van der Waals surface area contributed by atoms with Gasteiger partial charge in [0, 0.05) is 31.9 Å². The molecule has 1 aromatic rings. The zero-order chi connectivity index (χ0) is 15.1. The molecule has 1 fully saturated rings. The number of likely N-dealkylation sites (N-methyl/N-ethyl adjacent to an activating group) is 1. The van der Waals surface area contributed by atoms with Gasteiger partial charge in [0.05, 0.1) is 6.54 Å². The predicted octanol–water partition coefficient (Wildman–Crippen LogP) is 0.0350. The largest absolute Gasteiger partial charge is 0.355 e. The van der Waals surface area contributed by atoms with Gasteiger partial charge in [-0.05, 0) is 19.1 Å². The minimum Gasteiger partial charge on any atom is -0.355 e. The van der Waals surface area contributed by atoms with Gasteiger partial charge in [0.2, 0.25) is 11.8 Å². The first-order chi connectivity index (χ1) is 10.2. The molecule has 114 valence electrons. The molecular weight excluding hydrogens is 268 g/mol. The molecular formula is C15H22N4O2. The molecule has 1 saturated heterocycles. The fraction of sp³-hybridized carbons (Fsp3) is 0.467. The number of anilines is 1. The maximum Gasteiger partial charge on any atom is 0.238 e. The Morgan fingerprint density at radius 3 is 2.81 bits per heavy atom.